The lowest BCUT2D eigenvalue weighted by molar-refractivity contribution is 0.623. The van der Waals surface area contributed by atoms with Crippen LogP contribution in [0.25, 0.3) is 0 Å². The highest BCUT2D eigenvalue weighted by atomic mass is 15.2. The molecule has 0 saturated heterocycles. The maximum Gasteiger partial charge on any atom is 0.196 e. The average molecular weight is 281 g/mol. The molecule has 110 valence electrons. The summed E-state index contributed by atoms with van der Waals surface area (Å²) in [5, 5.41) is 6.72. The lowest BCUT2D eigenvalue weighted by atomic mass is 10.2. The van der Waals surface area contributed by atoms with E-state index in [0.717, 1.165) is 18.2 Å². The van der Waals surface area contributed by atoms with E-state index in [-0.39, 0.29) is 0 Å². The third kappa shape index (κ3) is 5.69. The Kier molecular flexibility index (Phi) is 5.83. The highest BCUT2D eigenvalue weighted by molar-refractivity contribution is 5.93. The van der Waals surface area contributed by atoms with E-state index in [0.29, 0.717) is 12.5 Å². The molecule has 0 aliphatic carbocycles. The molecule has 0 unspecified atom stereocenters. The van der Waals surface area contributed by atoms with Gasteiger partial charge in [0.25, 0.3) is 0 Å². The van der Waals surface area contributed by atoms with Crippen LogP contribution in [-0.4, -0.2) is 12.5 Å². The number of hydrogen-bond donors (Lipinski definition) is 2. The van der Waals surface area contributed by atoms with Gasteiger partial charge in [0.05, 0.1) is 6.54 Å². The van der Waals surface area contributed by atoms with E-state index < -0.39 is 0 Å². The van der Waals surface area contributed by atoms with Crippen LogP contribution in [0.3, 0.4) is 0 Å². The molecule has 2 aromatic carbocycles. The topological polar surface area (TPSA) is 36.4 Å². The number of nitrogens with one attached hydrogen (secondary N) is 2. The third-order valence-corrected chi connectivity index (χ3v) is 2.98. The van der Waals surface area contributed by atoms with Crippen molar-refractivity contribution in [2.45, 2.75) is 20.4 Å². The van der Waals surface area contributed by atoms with Gasteiger partial charge in [-0.1, -0.05) is 62.4 Å². The fourth-order valence-electron chi connectivity index (χ4n) is 1.85. The number of aliphatic imine (C=N–C) groups is 1. The van der Waals surface area contributed by atoms with Crippen molar-refractivity contribution >= 4 is 11.6 Å². The molecule has 3 heteroatoms. The molecule has 0 saturated carbocycles. The minimum absolute atomic E-state index is 0.574. The standard InChI is InChI=1S/C18H23N3/c1-15(2)13-19-18(21-17-11-7-4-8-12-17)20-14-16-9-5-3-6-10-16/h3-12,15H,13-14H2,1-2H3,(H2,19,20,21). The largest absolute Gasteiger partial charge is 0.356 e. The summed E-state index contributed by atoms with van der Waals surface area (Å²) < 4.78 is 0. The second kappa shape index (κ2) is 8.10. The Balaban J connectivity index is 2.04. The maximum atomic E-state index is 4.66. The van der Waals surface area contributed by atoms with Gasteiger partial charge in [-0.15, -0.1) is 0 Å². The van der Waals surface area contributed by atoms with Crippen molar-refractivity contribution in [3.63, 3.8) is 0 Å². The van der Waals surface area contributed by atoms with Crippen molar-refractivity contribution in [1.29, 1.82) is 0 Å². The van der Waals surface area contributed by atoms with E-state index in [1.807, 2.05) is 48.5 Å². The van der Waals surface area contributed by atoms with Crippen molar-refractivity contribution < 1.29 is 0 Å². The highest BCUT2D eigenvalue weighted by Gasteiger charge is 2.01. The summed E-state index contributed by atoms with van der Waals surface area (Å²) in [6.45, 7) is 5.93. The molecule has 0 aliphatic rings. The van der Waals surface area contributed by atoms with Crippen LogP contribution in [0.15, 0.2) is 65.7 Å². The number of rotatable bonds is 5. The Morgan fingerprint density at radius 2 is 1.57 bits per heavy atom. The molecular weight excluding hydrogens is 258 g/mol. The van der Waals surface area contributed by atoms with Gasteiger partial charge in [-0.3, -0.25) is 0 Å². The van der Waals surface area contributed by atoms with Crippen molar-refractivity contribution in [2.24, 2.45) is 10.9 Å². The van der Waals surface area contributed by atoms with Gasteiger partial charge in [-0.25, -0.2) is 4.99 Å². The second-order valence-corrected chi connectivity index (χ2v) is 5.42. The predicted octanol–water partition coefficient (Wildman–Crippen LogP) is 3.90. The summed E-state index contributed by atoms with van der Waals surface area (Å²) in [5.41, 5.74) is 2.25. The van der Waals surface area contributed by atoms with Crippen molar-refractivity contribution in [2.75, 3.05) is 11.9 Å². The molecule has 0 bridgehead atoms. The molecule has 0 atom stereocenters. The molecule has 0 amide bonds. The summed E-state index contributed by atoms with van der Waals surface area (Å²) in [4.78, 5) is 4.66. The summed E-state index contributed by atoms with van der Waals surface area (Å²) >= 11 is 0. The number of benzene rings is 2. The van der Waals surface area contributed by atoms with Gasteiger partial charge in [-0.2, -0.15) is 0 Å². The van der Waals surface area contributed by atoms with E-state index in [1.165, 1.54) is 5.56 Å². The van der Waals surface area contributed by atoms with E-state index in [4.69, 9.17) is 0 Å². The fourth-order valence-corrected chi connectivity index (χ4v) is 1.85. The zero-order valence-electron chi connectivity index (χ0n) is 12.7. The monoisotopic (exact) mass is 281 g/mol. The van der Waals surface area contributed by atoms with Gasteiger partial charge in [0, 0.05) is 12.2 Å². The van der Waals surface area contributed by atoms with Crippen LogP contribution in [0.4, 0.5) is 5.69 Å². The smallest absolute Gasteiger partial charge is 0.196 e. The number of para-hydroxylation sites is 1. The summed E-state index contributed by atoms with van der Waals surface area (Å²) in [5.74, 6) is 1.39. The Hall–Kier alpha value is -2.29. The van der Waals surface area contributed by atoms with Crippen LogP contribution in [-0.2, 0) is 6.54 Å². The Bertz CT molecular complexity index is 547. The van der Waals surface area contributed by atoms with E-state index in [1.54, 1.807) is 0 Å². The maximum absolute atomic E-state index is 4.66. The Labute approximate surface area is 127 Å². The van der Waals surface area contributed by atoms with Gasteiger partial charge in [-0.05, 0) is 23.6 Å². The predicted molar refractivity (Wildman–Crippen MR) is 90.5 cm³/mol. The molecule has 2 rings (SSSR count). The summed E-state index contributed by atoms with van der Waals surface area (Å²) in [7, 11) is 0. The van der Waals surface area contributed by atoms with Crippen LogP contribution in [0, 0.1) is 5.92 Å². The normalized spacial score (nSPS) is 11.5. The molecule has 0 aliphatic heterocycles. The summed E-state index contributed by atoms with van der Waals surface area (Å²) in [6.07, 6.45) is 0. The SMILES string of the molecule is CC(C)CNC(=NCc1ccccc1)Nc1ccccc1. The highest BCUT2D eigenvalue weighted by Crippen LogP contribution is 2.06. The molecule has 0 radical (unpaired) electrons. The molecule has 0 heterocycles. The molecule has 3 nitrogen and oxygen atoms in total. The molecule has 0 aromatic heterocycles. The van der Waals surface area contributed by atoms with E-state index >= 15 is 0 Å². The quantitative estimate of drug-likeness (QED) is 0.644. The first-order valence-corrected chi connectivity index (χ1v) is 7.38. The minimum Gasteiger partial charge on any atom is -0.356 e. The number of nitrogens with zero attached hydrogens (tertiary/aromatic N) is 1. The van der Waals surface area contributed by atoms with Gasteiger partial charge >= 0.3 is 0 Å². The minimum atomic E-state index is 0.574. The van der Waals surface area contributed by atoms with Crippen molar-refractivity contribution in [1.82, 2.24) is 5.32 Å². The van der Waals surface area contributed by atoms with Gasteiger partial charge in [0.15, 0.2) is 5.96 Å². The number of hydrogen-bond acceptors (Lipinski definition) is 1. The van der Waals surface area contributed by atoms with Crippen molar-refractivity contribution in [3.8, 4) is 0 Å². The van der Waals surface area contributed by atoms with Gasteiger partial charge in [0.2, 0.25) is 0 Å². The van der Waals surface area contributed by atoms with Gasteiger partial charge in [0.1, 0.15) is 0 Å². The van der Waals surface area contributed by atoms with Crippen LogP contribution in [0.5, 0.6) is 0 Å². The molecule has 21 heavy (non-hydrogen) atoms. The summed E-state index contributed by atoms with van der Waals surface area (Å²) in [6, 6.07) is 20.4. The van der Waals surface area contributed by atoms with Crippen molar-refractivity contribution in [3.05, 3.63) is 66.2 Å². The number of guanidine groups is 1. The molecule has 0 fully saturated rings. The lowest BCUT2D eigenvalue weighted by Crippen LogP contribution is -2.33. The van der Waals surface area contributed by atoms with E-state index in [2.05, 4.69) is 41.6 Å². The Morgan fingerprint density at radius 1 is 0.952 bits per heavy atom. The average Bonchev–Trinajstić information content (AvgIpc) is 2.52. The van der Waals surface area contributed by atoms with Crippen LogP contribution in [0.1, 0.15) is 19.4 Å². The third-order valence-electron chi connectivity index (χ3n) is 2.98. The van der Waals surface area contributed by atoms with Crippen LogP contribution < -0.4 is 10.6 Å². The molecule has 2 N–H and O–H groups in total. The molecular formula is C18H23N3. The second-order valence-electron chi connectivity index (χ2n) is 5.42. The first-order valence-electron chi connectivity index (χ1n) is 7.38. The van der Waals surface area contributed by atoms with Gasteiger partial charge < -0.3 is 10.6 Å². The molecule has 2 aromatic rings. The first kappa shape index (κ1) is 15.1. The molecule has 0 spiro atoms. The fraction of sp³-hybridized carbons (Fsp3) is 0.278. The van der Waals surface area contributed by atoms with Crippen LogP contribution >= 0.6 is 0 Å². The lowest BCUT2D eigenvalue weighted by Gasteiger charge is -2.14. The number of anilines is 1. The first-order chi connectivity index (χ1) is 10.2. The Morgan fingerprint density at radius 3 is 2.19 bits per heavy atom. The van der Waals surface area contributed by atoms with E-state index in [9.17, 15) is 0 Å². The van der Waals surface area contributed by atoms with Crippen LogP contribution in [0.2, 0.25) is 0 Å². The zero-order chi connectivity index (χ0) is 14.9. The zero-order valence-corrected chi connectivity index (χ0v) is 12.7.